The number of carboxylic acid groups (broad SMARTS) is 1. The van der Waals surface area contributed by atoms with Crippen molar-refractivity contribution in [1.29, 1.82) is 0 Å². The average Bonchev–Trinajstić information content (AvgIpc) is 2.48. The molecule has 106 valence electrons. The second-order valence-electron chi connectivity index (χ2n) is 5.52. The molecule has 1 aliphatic rings. The van der Waals surface area contributed by atoms with Crippen molar-refractivity contribution in [3.8, 4) is 0 Å². The predicted molar refractivity (Wildman–Crippen MR) is 82.4 cm³/mol. The third-order valence-corrected chi connectivity index (χ3v) is 4.02. The van der Waals surface area contributed by atoms with Gasteiger partial charge < -0.3 is 5.11 Å². The highest BCUT2D eigenvalue weighted by Gasteiger charge is 2.19. The van der Waals surface area contributed by atoms with Gasteiger partial charge in [0.25, 0.3) is 0 Å². The molecule has 1 heterocycles. The van der Waals surface area contributed by atoms with Crippen LogP contribution in [0.25, 0.3) is 5.57 Å². The molecule has 0 amide bonds. The Labute approximate surface area is 124 Å². The standard InChI is InChI=1S/C18H17NO2/c1-11-3-5-13-7-8-14(18(20)21)9-16(13)17(11)15-6-4-12(2)19-10-15/h4,6-10H,3,5H2,1-2H3,(H,20,21). The molecule has 1 aliphatic carbocycles. The van der Waals surface area contributed by atoms with Crippen molar-refractivity contribution in [2.45, 2.75) is 26.7 Å². The molecule has 3 heteroatoms. The molecule has 21 heavy (non-hydrogen) atoms. The van der Waals surface area contributed by atoms with Crippen molar-refractivity contribution in [3.63, 3.8) is 0 Å². The maximum Gasteiger partial charge on any atom is 0.335 e. The predicted octanol–water partition coefficient (Wildman–Crippen LogP) is 3.86. The SMILES string of the molecule is CC1=C(c2ccc(C)nc2)c2cc(C(=O)O)ccc2CC1. The zero-order valence-electron chi connectivity index (χ0n) is 12.2. The fourth-order valence-electron chi connectivity index (χ4n) is 2.85. The Hall–Kier alpha value is -2.42. The van der Waals surface area contributed by atoms with E-state index in [9.17, 15) is 9.90 Å². The van der Waals surface area contributed by atoms with Gasteiger partial charge in [-0.05, 0) is 61.6 Å². The smallest absolute Gasteiger partial charge is 0.335 e. The van der Waals surface area contributed by atoms with Gasteiger partial charge in [-0.3, -0.25) is 4.98 Å². The molecule has 0 saturated heterocycles. The van der Waals surface area contributed by atoms with Crippen LogP contribution in [0.4, 0.5) is 0 Å². The van der Waals surface area contributed by atoms with Crippen molar-refractivity contribution in [3.05, 3.63) is 70.0 Å². The van der Waals surface area contributed by atoms with Crippen molar-refractivity contribution < 1.29 is 9.90 Å². The molecule has 3 rings (SSSR count). The molecule has 0 fully saturated rings. The van der Waals surface area contributed by atoms with Crippen LogP contribution in [0.15, 0.2) is 42.1 Å². The van der Waals surface area contributed by atoms with E-state index in [1.54, 1.807) is 12.1 Å². The number of aromatic carboxylic acids is 1. The van der Waals surface area contributed by atoms with E-state index >= 15 is 0 Å². The van der Waals surface area contributed by atoms with Crippen LogP contribution >= 0.6 is 0 Å². The number of carbonyl (C=O) groups is 1. The Kier molecular flexibility index (Phi) is 3.34. The quantitative estimate of drug-likeness (QED) is 0.908. The van der Waals surface area contributed by atoms with Gasteiger partial charge in [0.2, 0.25) is 0 Å². The van der Waals surface area contributed by atoms with E-state index < -0.39 is 5.97 Å². The first kappa shape index (κ1) is 13.6. The highest BCUT2D eigenvalue weighted by atomic mass is 16.4. The number of fused-ring (bicyclic) bond motifs is 1. The number of hydrogen-bond donors (Lipinski definition) is 1. The van der Waals surface area contributed by atoms with Crippen LogP contribution in [0, 0.1) is 6.92 Å². The molecule has 1 aromatic carbocycles. The molecule has 0 aliphatic heterocycles. The lowest BCUT2D eigenvalue weighted by Crippen LogP contribution is -2.07. The molecule has 3 nitrogen and oxygen atoms in total. The summed E-state index contributed by atoms with van der Waals surface area (Å²) in [5, 5.41) is 9.22. The minimum atomic E-state index is -0.887. The number of pyridine rings is 1. The van der Waals surface area contributed by atoms with Gasteiger partial charge in [0.1, 0.15) is 0 Å². The van der Waals surface area contributed by atoms with Crippen molar-refractivity contribution in [2.24, 2.45) is 0 Å². The zero-order valence-corrected chi connectivity index (χ0v) is 12.2. The molecule has 2 aromatic rings. The minimum absolute atomic E-state index is 0.334. The summed E-state index contributed by atoms with van der Waals surface area (Å²) in [6.45, 7) is 4.08. The minimum Gasteiger partial charge on any atom is -0.478 e. The Morgan fingerprint density at radius 1 is 1.14 bits per heavy atom. The van der Waals surface area contributed by atoms with Crippen LogP contribution < -0.4 is 0 Å². The van der Waals surface area contributed by atoms with Crippen LogP contribution in [0.5, 0.6) is 0 Å². The number of benzene rings is 1. The molecule has 0 spiro atoms. The number of hydrogen-bond acceptors (Lipinski definition) is 2. The fourth-order valence-corrected chi connectivity index (χ4v) is 2.85. The number of aryl methyl sites for hydroxylation is 2. The van der Waals surface area contributed by atoms with Gasteiger partial charge in [-0.2, -0.15) is 0 Å². The second kappa shape index (κ2) is 5.17. The third kappa shape index (κ3) is 2.47. The zero-order chi connectivity index (χ0) is 15.0. The van der Waals surface area contributed by atoms with E-state index in [-0.39, 0.29) is 0 Å². The van der Waals surface area contributed by atoms with E-state index in [0.717, 1.165) is 35.2 Å². The van der Waals surface area contributed by atoms with Crippen LogP contribution in [-0.4, -0.2) is 16.1 Å². The summed E-state index contributed by atoms with van der Waals surface area (Å²) in [5.41, 5.74) is 7.03. The van der Waals surface area contributed by atoms with Gasteiger partial charge >= 0.3 is 5.97 Å². The van der Waals surface area contributed by atoms with E-state index in [1.807, 2.05) is 25.3 Å². The third-order valence-electron chi connectivity index (χ3n) is 4.02. The molecule has 0 saturated carbocycles. The summed E-state index contributed by atoms with van der Waals surface area (Å²) in [4.78, 5) is 15.6. The maximum absolute atomic E-state index is 11.2. The largest absolute Gasteiger partial charge is 0.478 e. The summed E-state index contributed by atoms with van der Waals surface area (Å²) in [6.07, 6.45) is 3.84. The molecular formula is C18H17NO2. The number of rotatable bonds is 2. The summed E-state index contributed by atoms with van der Waals surface area (Å²) in [7, 11) is 0. The Bertz CT molecular complexity index is 742. The number of aromatic nitrogens is 1. The lowest BCUT2D eigenvalue weighted by Gasteiger charge is -2.22. The first-order chi connectivity index (χ1) is 10.1. The monoisotopic (exact) mass is 279 g/mol. The van der Waals surface area contributed by atoms with E-state index in [4.69, 9.17) is 0 Å². The van der Waals surface area contributed by atoms with Crippen LogP contribution in [0.3, 0.4) is 0 Å². The fraction of sp³-hybridized carbons (Fsp3) is 0.222. The lowest BCUT2D eigenvalue weighted by atomic mass is 9.82. The summed E-state index contributed by atoms with van der Waals surface area (Å²) in [6, 6.07) is 9.46. The molecular weight excluding hydrogens is 262 g/mol. The average molecular weight is 279 g/mol. The van der Waals surface area contributed by atoms with Crippen molar-refractivity contribution in [1.82, 2.24) is 4.98 Å². The summed E-state index contributed by atoms with van der Waals surface area (Å²) >= 11 is 0. The molecule has 0 unspecified atom stereocenters. The van der Waals surface area contributed by atoms with Crippen molar-refractivity contribution >= 4 is 11.5 Å². The molecule has 0 radical (unpaired) electrons. The molecule has 0 bridgehead atoms. The molecule has 0 atom stereocenters. The first-order valence-corrected chi connectivity index (χ1v) is 7.05. The Morgan fingerprint density at radius 3 is 2.62 bits per heavy atom. The van der Waals surface area contributed by atoms with Crippen LogP contribution in [0.1, 0.15) is 46.1 Å². The lowest BCUT2D eigenvalue weighted by molar-refractivity contribution is 0.0697. The topological polar surface area (TPSA) is 50.2 Å². The number of allylic oxidation sites excluding steroid dienone is 1. The normalized spacial score (nSPS) is 14.0. The maximum atomic E-state index is 11.2. The van der Waals surface area contributed by atoms with Gasteiger partial charge in [-0.1, -0.05) is 17.7 Å². The van der Waals surface area contributed by atoms with E-state index in [1.165, 1.54) is 11.1 Å². The number of nitrogens with zero attached hydrogens (tertiary/aromatic N) is 1. The summed E-state index contributed by atoms with van der Waals surface area (Å²) < 4.78 is 0. The van der Waals surface area contributed by atoms with Gasteiger partial charge in [-0.25, -0.2) is 4.79 Å². The van der Waals surface area contributed by atoms with Crippen LogP contribution in [-0.2, 0) is 6.42 Å². The van der Waals surface area contributed by atoms with Gasteiger partial charge in [0.15, 0.2) is 0 Å². The molecule has 1 N–H and O–H groups in total. The second-order valence-corrected chi connectivity index (χ2v) is 5.52. The van der Waals surface area contributed by atoms with E-state index in [0.29, 0.717) is 5.56 Å². The van der Waals surface area contributed by atoms with Gasteiger partial charge in [0, 0.05) is 17.5 Å². The van der Waals surface area contributed by atoms with Gasteiger partial charge in [0.05, 0.1) is 5.56 Å². The highest BCUT2D eigenvalue weighted by molar-refractivity contribution is 5.92. The van der Waals surface area contributed by atoms with Gasteiger partial charge in [-0.15, -0.1) is 0 Å². The van der Waals surface area contributed by atoms with Crippen LogP contribution in [0.2, 0.25) is 0 Å². The van der Waals surface area contributed by atoms with E-state index in [2.05, 4.69) is 18.0 Å². The van der Waals surface area contributed by atoms with Crippen molar-refractivity contribution in [2.75, 3.05) is 0 Å². The first-order valence-electron chi connectivity index (χ1n) is 7.05. The molecule has 1 aromatic heterocycles. The Balaban J connectivity index is 2.18. The summed E-state index contributed by atoms with van der Waals surface area (Å²) in [5.74, 6) is -0.887. The number of carboxylic acids is 1. The Morgan fingerprint density at radius 2 is 1.95 bits per heavy atom. The highest BCUT2D eigenvalue weighted by Crippen LogP contribution is 2.36.